The monoisotopic (exact) mass is 345 g/mol. The second kappa shape index (κ2) is 6.52. The van der Waals surface area contributed by atoms with Crippen LogP contribution in [0.3, 0.4) is 0 Å². The molecule has 1 aromatic heterocycles. The Hall–Kier alpha value is -0.880. The molecule has 1 amide bonds. The Morgan fingerprint density at radius 3 is 2.95 bits per heavy atom. The molecule has 0 radical (unpaired) electrons. The van der Waals surface area contributed by atoms with Crippen LogP contribution in [0.15, 0.2) is 15.9 Å². The van der Waals surface area contributed by atoms with E-state index < -0.39 is 5.97 Å². The van der Waals surface area contributed by atoms with Crippen molar-refractivity contribution in [2.24, 2.45) is 5.92 Å². The van der Waals surface area contributed by atoms with Crippen molar-refractivity contribution in [3.63, 3.8) is 0 Å². The van der Waals surface area contributed by atoms with Crippen LogP contribution in [0.5, 0.6) is 0 Å². The highest BCUT2D eigenvalue weighted by atomic mass is 79.9. The molecule has 0 saturated carbocycles. The lowest BCUT2D eigenvalue weighted by Crippen LogP contribution is -2.39. The maximum absolute atomic E-state index is 12.4. The Balaban J connectivity index is 1.95. The van der Waals surface area contributed by atoms with Crippen molar-refractivity contribution in [1.82, 2.24) is 4.90 Å². The lowest BCUT2D eigenvalue weighted by atomic mass is 9.93. The number of hydrogen-bond acceptors (Lipinski definition) is 3. The van der Waals surface area contributed by atoms with E-state index in [1.807, 2.05) is 16.3 Å². The number of amides is 1. The van der Waals surface area contributed by atoms with E-state index >= 15 is 0 Å². The largest absolute Gasteiger partial charge is 0.481 e. The van der Waals surface area contributed by atoms with Crippen LogP contribution in [-0.2, 0) is 4.79 Å². The molecule has 6 heteroatoms. The molecule has 19 heavy (non-hydrogen) atoms. The summed E-state index contributed by atoms with van der Waals surface area (Å²) in [6.07, 6.45) is 2.82. The summed E-state index contributed by atoms with van der Waals surface area (Å²) in [4.78, 5) is 25.5. The molecule has 1 aliphatic heterocycles. The van der Waals surface area contributed by atoms with Crippen LogP contribution in [0.25, 0.3) is 0 Å². The van der Waals surface area contributed by atoms with Gasteiger partial charge in [-0.15, -0.1) is 11.3 Å². The summed E-state index contributed by atoms with van der Waals surface area (Å²) in [5, 5.41) is 10.6. The molecular weight excluding hydrogens is 330 g/mol. The minimum absolute atomic E-state index is 0.0573. The van der Waals surface area contributed by atoms with Crippen molar-refractivity contribution in [3.8, 4) is 0 Å². The first-order valence-corrected chi connectivity index (χ1v) is 7.99. The first kappa shape index (κ1) is 14.5. The number of carbonyl (C=O) groups is 2. The van der Waals surface area contributed by atoms with E-state index in [1.165, 1.54) is 11.3 Å². The van der Waals surface area contributed by atoms with E-state index in [1.54, 1.807) is 0 Å². The summed E-state index contributed by atoms with van der Waals surface area (Å²) >= 11 is 4.82. The van der Waals surface area contributed by atoms with E-state index in [4.69, 9.17) is 5.11 Å². The molecule has 2 heterocycles. The van der Waals surface area contributed by atoms with Gasteiger partial charge in [-0.25, -0.2) is 0 Å². The van der Waals surface area contributed by atoms with Crippen molar-refractivity contribution in [3.05, 3.63) is 20.8 Å². The number of aliphatic carboxylic acids is 1. The van der Waals surface area contributed by atoms with Crippen molar-refractivity contribution < 1.29 is 14.7 Å². The highest BCUT2D eigenvalue weighted by Crippen LogP contribution is 2.27. The lowest BCUT2D eigenvalue weighted by Gasteiger charge is -2.32. The van der Waals surface area contributed by atoms with Crippen LogP contribution in [0.4, 0.5) is 0 Å². The SMILES string of the molecule is O=C(O)CC[C@H]1CCCN(C(=O)c2sccc2Br)C1. The van der Waals surface area contributed by atoms with Crippen LogP contribution in [0, 0.1) is 5.92 Å². The summed E-state index contributed by atoms with van der Waals surface area (Å²) in [6.45, 7) is 1.45. The molecule has 1 atom stereocenters. The third-order valence-electron chi connectivity index (χ3n) is 3.38. The molecule has 1 aromatic rings. The van der Waals surface area contributed by atoms with Gasteiger partial charge in [-0.2, -0.15) is 0 Å². The second-order valence-electron chi connectivity index (χ2n) is 4.79. The Bertz CT molecular complexity index is 474. The smallest absolute Gasteiger partial charge is 0.303 e. The standard InChI is InChI=1S/C13H16BrNO3S/c14-10-5-7-19-12(10)13(18)15-6-1-2-9(8-15)3-4-11(16)17/h5,7,9H,1-4,6,8H2,(H,16,17)/t9-/m1/s1. The van der Waals surface area contributed by atoms with E-state index in [0.29, 0.717) is 18.9 Å². The van der Waals surface area contributed by atoms with Crippen LogP contribution >= 0.6 is 27.3 Å². The van der Waals surface area contributed by atoms with Gasteiger partial charge in [-0.3, -0.25) is 9.59 Å². The van der Waals surface area contributed by atoms with E-state index in [2.05, 4.69) is 15.9 Å². The number of halogens is 1. The van der Waals surface area contributed by atoms with Crippen molar-refractivity contribution in [1.29, 1.82) is 0 Å². The third-order valence-corrected chi connectivity index (χ3v) is 5.21. The van der Waals surface area contributed by atoms with Gasteiger partial charge in [0, 0.05) is 24.0 Å². The Labute approximate surface area is 124 Å². The van der Waals surface area contributed by atoms with Crippen LogP contribution in [-0.4, -0.2) is 35.0 Å². The number of nitrogens with zero attached hydrogens (tertiary/aromatic N) is 1. The molecule has 0 unspecified atom stereocenters. The zero-order valence-electron chi connectivity index (χ0n) is 10.5. The van der Waals surface area contributed by atoms with Crippen LogP contribution in [0.1, 0.15) is 35.4 Å². The van der Waals surface area contributed by atoms with Gasteiger partial charge < -0.3 is 10.0 Å². The van der Waals surface area contributed by atoms with Crippen LogP contribution in [0.2, 0.25) is 0 Å². The average molecular weight is 346 g/mol. The number of likely N-dealkylation sites (tertiary alicyclic amines) is 1. The fourth-order valence-electron chi connectivity index (χ4n) is 2.40. The molecule has 1 N–H and O–H groups in total. The summed E-state index contributed by atoms with van der Waals surface area (Å²) in [5.74, 6) is -0.390. The van der Waals surface area contributed by atoms with Gasteiger partial charge in [-0.1, -0.05) is 0 Å². The number of hydrogen-bond donors (Lipinski definition) is 1. The van der Waals surface area contributed by atoms with E-state index in [9.17, 15) is 9.59 Å². The van der Waals surface area contributed by atoms with Gasteiger partial charge in [0.05, 0.1) is 0 Å². The summed E-state index contributed by atoms with van der Waals surface area (Å²) in [6, 6.07) is 1.88. The molecular formula is C13H16BrNO3S. The Morgan fingerprint density at radius 2 is 2.32 bits per heavy atom. The topological polar surface area (TPSA) is 57.6 Å². The normalized spacial score (nSPS) is 19.4. The molecule has 1 saturated heterocycles. The minimum Gasteiger partial charge on any atom is -0.481 e. The predicted octanol–water partition coefficient (Wildman–Crippen LogP) is 3.23. The van der Waals surface area contributed by atoms with Crippen molar-refractivity contribution in [2.45, 2.75) is 25.7 Å². The van der Waals surface area contributed by atoms with Gasteiger partial charge in [0.2, 0.25) is 0 Å². The number of thiophene rings is 1. The summed E-state index contributed by atoms with van der Waals surface area (Å²) in [5.41, 5.74) is 0. The Morgan fingerprint density at radius 1 is 1.53 bits per heavy atom. The second-order valence-corrected chi connectivity index (χ2v) is 6.56. The van der Waals surface area contributed by atoms with Gasteiger partial charge in [0.15, 0.2) is 0 Å². The zero-order chi connectivity index (χ0) is 13.8. The highest BCUT2D eigenvalue weighted by Gasteiger charge is 2.26. The summed E-state index contributed by atoms with van der Waals surface area (Å²) in [7, 11) is 0. The molecule has 0 aromatic carbocycles. The van der Waals surface area contributed by atoms with Gasteiger partial charge in [0.25, 0.3) is 5.91 Å². The number of piperidine rings is 1. The lowest BCUT2D eigenvalue weighted by molar-refractivity contribution is -0.137. The first-order valence-electron chi connectivity index (χ1n) is 6.32. The summed E-state index contributed by atoms with van der Waals surface area (Å²) < 4.78 is 0.843. The van der Waals surface area contributed by atoms with E-state index in [-0.39, 0.29) is 12.3 Å². The quantitative estimate of drug-likeness (QED) is 0.911. The molecule has 0 aliphatic carbocycles. The number of carbonyl (C=O) groups excluding carboxylic acids is 1. The fourth-order valence-corrected chi connectivity index (χ4v) is 3.91. The molecule has 1 aliphatic rings. The molecule has 0 bridgehead atoms. The number of rotatable bonds is 4. The van der Waals surface area contributed by atoms with E-state index in [0.717, 1.165) is 28.7 Å². The first-order chi connectivity index (χ1) is 9.08. The molecule has 4 nitrogen and oxygen atoms in total. The van der Waals surface area contributed by atoms with Gasteiger partial charge in [0.1, 0.15) is 4.88 Å². The van der Waals surface area contributed by atoms with Crippen molar-refractivity contribution in [2.75, 3.05) is 13.1 Å². The van der Waals surface area contributed by atoms with Crippen LogP contribution < -0.4 is 0 Å². The third kappa shape index (κ3) is 3.79. The average Bonchev–Trinajstić information content (AvgIpc) is 2.82. The van der Waals surface area contributed by atoms with Gasteiger partial charge in [-0.05, 0) is 52.6 Å². The number of carboxylic acids is 1. The fraction of sp³-hybridized carbons (Fsp3) is 0.538. The zero-order valence-corrected chi connectivity index (χ0v) is 12.9. The molecule has 104 valence electrons. The maximum Gasteiger partial charge on any atom is 0.303 e. The number of carboxylic acid groups (broad SMARTS) is 1. The maximum atomic E-state index is 12.4. The Kier molecular flexibility index (Phi) is 4.99. The van der Waals surface area contributed by atoms with Gasteiger partial charge >= 0.3 is 5.97 Å². The molecule has 1 fully saturated rings. The predicted molar refractivity (Wildman–Crippen MR) is 77.5 cm³/mol. The molecule has 2 rings (SSSR count). The molecule has 0 spiro atoms. The highest BCUT2D eigenvalue weighted by molar-refractivity contribution is 9.10. The minimum atomic E-state index is -0.760. The van der Waals surface area contributed by atoms with Crippen molar-refractivity contribution >= 4 is 39.1 Å².